The third kappa shape index (κ3) is 2.57. The molecule has 0 bridgehead atoms. The summed E-state index contributed by atoms with van der Waals surface area (Å²) in [4.78, 5) is 46.8. The fourth-order valence-corrected chi connectivity index (χ4v) is 1.99. The first kappa shape index (κ1) is 15.6. The molecular weight excluding hydrogens is 331 g/mol. The number of amides is 2. The minimum atomic E-state index is -4.78. The molecule has 2 aromatic rings. The lowest BCUT2D eigenvalue weighted by Crippen LogP contribution is -2.33. The number of carbonyl (C=O) groups excluding carboxylic acids is 3. The van der Waals surface area contributed by atoms with Crippen molar-refractivity contribution >= 4 is 17.8 Å². The van der Waals surface area contributed by atoms with Crippen molar-refractivity contribution in [2.24, 2.45) is 0 Å². The molecule has 1 aliphatic heterocycles. The summed E-state index contributed by atoms with van der Waals surface area (Å²) >= 11 is 0. The average molecular weight is 337 g/mol. The van der Waals surface area contributed by atoms with Crippen LogP contribution in [0.5, 0.6) is 0 Å². The van der Waals surface area contributed by atoms with Gasteiger partial charge in [0.05, 0.1) is 11.1 Å². The van der Waals surface area contributed by atoms with E-state index in [2.05, 4.69) is 14.8 Å². The molecule has 0 unspecified atom stereocenters. The number of benzene rings is 1. The second-order valence-corrected chi connectivity index (χ2v) is 4.59. The van der Waals surface area contributed by atoms with E-state index < -0.39 is 35.5 Å². The molecule has 3 rings (SSSR count). The molecule has 2 heterocycles. The van der Waals surface area contributed by atoms with Gasteiger partial charge in [-0.2, -0.15) is 13.2 Å². The van der Waals surface area contributed by atoms with E-state index >= 15 is 0 Å². The predicted molar refractivity (Wildman–Crippen MR) is 69.4 cm³/mol. The van der Waals surface area contributed by atoms with Crippen molar-refractivity contribution in [2.75, 3.05) is 0 Å². The molecule has 0 fully saturated rings. The SMILES string of the molecule is O=C(ON1C(=O)c2ccccc2C1=O)c1nccc(C(F)(F)F)n1. The molecule has 122 valence electrons. The number of halogens is 3. The molecule has 0 aliphatic carbocycles. The summed E-state index contributed by atoms with van der Waals surface area (Å²) in [6, 6.07) is 6.28. The van der Waals surface area contributed by atoms with Crippen LogP contribution in [-0.2, 0) is 11.0 Å². The van der Waals surface area contributed by atoms with Gasteiger partial charge >= 0.3 is 12.1 Å². The van der Waals surface area contributed by atoms with Crippen LogP contribution in [0.1, 0.15) is 37.0 Å². The van der Waals surface area contributed by atoms with Gasteiger partial charge in [-0.1, -0.05) is 17.2 Å². The van der Waals surface area contributed by atoms with Gasteiger partial charge in [-0.15, -0.1) is 0 Å². The first-order valence-electron chi connectivity index (χ1n) is 6.39. The standard InChI is InChI=1S/C14H6F3N3O4/c15-14(16,17)9-5-6-18-10(19-9)13(23)24-20-11(21)7-3-1-2-4-8(7)12(20)22/h1-6H. The van der Waals surface area contributed by atoms with E-state index in [0.29, 0.717) is 6.07 Å². The van der Waals surface area contributed by atoms with Crippen LogP contribution in [0.25, 0.3) is 0 Å². The Morgan fingerprint density at radius 3 is 2.17 bits per heavy atom. The molecule has 2 amide bonds. The molecule has 7 nitrogen and oxygen atoms in total. The zero-order chi connectivity index (χ0) is 17.5. The van der Waals surface area contributed by atoms with E-state index in [1.807, 2.05) is 0 Å². The summed E-state index contributed by atoms with van der Waals surface area (Å²) < 4.78 is 37.7. The molecule has 1 aliphatic rings. The summed E-state index contributed by atoms with van der Waals surface area (Å²) in [6.07, 6.45) is -4.07. The topological polar surface area (TPSA) is 89.5 Å². The number of hydroxylamine groups is 2. The number of hydrogen-bond donors (Lipinski definition) is 0. The summed E-state index contributed by atoms with van der Waals surface area (Å²) in [5.41, 5.74) is -1.33. The van der Waals surface area contributed by atoms with Crippen LogP contribution >= 0.6 is 0 Å². The Labute approximate surface area is 131 Å². The van der Waals surface area contributed by atoms with Gasteiger partial charge in [-0.25, -0.2) is 14.8 Å². The van der Waals surface area contributed by atoms with Gasteiger partial charge in [0.2, 0.25) is 5.82 Å². The maximum Gasteiger partial charge on any atom is 0.433 e. The Kier molecular flexibility index (Phi) is 3.51. The van der Waals surface area contributed by atoms with Crippen molar-refractivity contribution in [3.63, 3.8) is 0 Å². The van der Waals surface area contributed by atoms with Crippen LogP contribution in [-0.4, -0.2) is 32.8 Å². The van der Waals surface area contributed by atoms with Crippen molar-refractivity contribution in [2.45, 2.75) is 6.18 Å². The molecule has 0 N–H and O–H groups in total. The highest BCUT2D eigenvalue weighted by Gasteiger charge is 2.40. The summed E-state index contributed by atoms with van der Waals surface area (Å²) in [7, 11) is 0. The van der Waals surface area contributed by atoms with E-state index in [0.717, 1.165) is 6.20 Å². The molecule has 0 spiro atoms. The minimum Gasteiger partial charge on any atom is -0.321 e. The third-order valence-electron chi connectivity index (χ3n) is 3.06. The molecular formula is C14H6F3N3O4. The summed E-state index contributed by atoms with van der Waals surface area (Å²) in [5, 5.41) is 0.163. The zero-order valence-corrected chi connectivity index (χ0v) is 11.6. The molecule has 0 radical (unpaired) electrons. The van der Waals surface area contributed by atoms with Crippen LogP contribution in [0.2, 0.25) is 0 Å². The second kappa shape index (κ2) is 5.41. The monoisotopic (exact) mass is 337 g/mol. The van der Waals surface area contributed by atoms with E-state index in [1.165, 1.54) is 24.3 Å². The van der Waals surface area contributed by atoms with Gasteiger partial charge < -0.3 is 4.84 Å². The molecule has 24 heavy (non-hydrogen) atoms. The number of fused-ring (bicyclic) bond motifs is 1. The molecule has 1 aromatic heterocycles. The van der Waals surface area contributed by atoms with Crippen LogP contribution < -0.4 is 0 Å². The number of imide groups is 1. The highest BCUT2D eigenvalue weighted by Crippen LogP contribution is 2.27. The fourth-order valence-electron chi connectivity index (χ4n) is 1.99. The number of alkyl halides is 3. The molecule has 1 aromatic carbocycles. The molecule has 0 saturated heterocycles. The molecule has 0 saturated carbocycles. The lowest BCUT2D eigenvalue weighted by atomic mass is 10.1. The van der Waals surface area contributed by atoms with Crippen molar-refractivity contribution in [1.82, 2.24) is 15.0 Å². The van der Waals surface area contributed by atoms with Crippen LogP contribution in [0.3, 0.4) is 0 Å². The van der Waals surface area contributed by atoms with Crippen LogP contribution in [0, 0.1) is 0 Å². The van der Waals surface area contributed by atoms with Crippen molar-refractivity contribution < 1.29 is 32.4 Å². The quantitative estimate of drug-likeness (QED) is 0.777. The zero-order valence-electron chi connectivity index (χ0n) is 11.6. The highest BCUT2D eigenvalue weighted by molar-refractivity contribution is 6.21. The lowest BCUT2D eigenvalue weighted by molar-refractivity contribution is -0.141. The number of rotatable bonds is 2. The maximum absolute atomic E-state index is 12.6. The van der Waals surface area contributed by atoms with Crippen LogP contribution in [0.4, 0.5) is 13.2 Å². The Balaban J connectivity index is 1.84. The number of carbonyl (C=O) groups is 3. The van der Waals surface area contributed by atoms with Crippen molar-refractivity contribution in [1.29, 1.82) is 0 Å². The molecule has 0 atom stereocenters. The largest absolute Gasteiger partial charge is 0.433 e. The highest BCUT2D eigenvalue weighted by atomic mass is 19.4. The van der Waals surface area contributed by atoms with E-state index in [4.69, 9.17) is 0 Å². The Bertz CT molecular complexity index is 831. The summed E-state index contributed by atoms with van der Waals surface area (Å²) in [5.74, 6) is -4.20. The average Bonchev–Trinajstić information content (AvgIpc) is 2.80. The Morgan fingerprint density at radius 2 is 1.62 bits per heavy atom. The second-order valence-electron chi connectivity index (χ2n) is 4.59. The summed E-state index contributed by atoms with van der Waals surface area (Å²) in [6.45, 7) is 0. The van der Waals surface area contributed by atoms with Gasteiger partial charge in [0, 0.05) is 6.20 Å². The number of aromatic nitrogens is 2. The van der Waals surface area contributed by atoms with Gasteiger partial charge in [-0.05, 0) is 18.2 Å². The normalized spacial score (nSPS) is 13.9. The smallest absolute Gasteiger partial charge is 0.321 e. The van der Waals surface area contributed by atoms with E-state index in [9.17, 15) is 27.6 Å². The number of nitrogens with zero attached hydrogens (tertiary/aromatic N) is 3. The minimum absolute atomic E-state index is 0.0141. The Hall–Kier alpha value is -3.30. The molecule has 10 heteroatoms. The van der Waals surface area contributed by atoms with Crippen LogP contribution in [0.15, 0.2) is 36.5 Å². The fraction of sp³-hybridized carbons (Fsp3) is 0.0714. The third-order valence-corrected chi connectivity index (χ3v) is 3.06. The lowest BCUT2D eigenvalue weighted by Gasteiger charge is -2.12. The maximum atomic E-state index is 12.6. The van der Waals surface area contributed by atoms with Gasteiger partial charge in [0.25, 0.3) is 11.8 Å². The van der Waals surface area contributed by atoms with E-state index in [1.54, 1.807) is 0 Å². The predicted octanol–water partition coefficient (Wildman–Crippen LogP) is 1.86. The van der Waals surface area contributed by atoms with Crippen molar-refractivity contribution in [3.8, 4) is 0 Å². The first-order valence-corrected chi connectivity index (χ1v) is 6.39. The van der Waals surface area contributed by atoms with Gasteiger partial charge in [0.15, 0.2) is 0 Å². The first-order chi connectivity index (χ1) is 11.3. The van der Waals surface area contributed by atoms with Gasteiger partial charge in [0.1, 0.15) is 5.69 Å². The number of hydrogen-bond acceptors (Lipinski definition) is 6. The van der Waals surface area contributed by atoms with Gasteiger partial charge in [-0.3, -0.25) is 9.59 Å². The van der Waals surface area contributed by atoms with Crippen molar-refractivity contribution in [3.05, 3.63) is 59.2 Å². The van der Waals surface area contributed by atoms with E-state index in [-0.39, 0.29) is 16.2 Å². The Morgan fingerprint density at radius 1 is 1.04 bits per heavy atom.